The fourth-order valence-electron chi connectivity index (χ4n) is 4.43. The summed E-state index contributed by atoms with van der Waals surface area (Å²) in [7, 11) is 2.91. The first-order valence-corrected chi connectivity index (χ1v) is 12.3. The lowest BCUT2D eigenvalue weighted by Crippen LogP contribution is -2.29. The van der Waals surface area contributed by atoms with Crippen molar-refractivity contribution in [3.05, 3.63) is 93.0 Å². The van der Waals surface area contributed by atoms with Crippen molar-refractivity contribution >= 4 is 46.3 Å². The first kappa shape index (κ1) is 26.6. The molecule has 6 nitrogen and oxygen atoms in total. The van der Waals surface area contributed by atoms with E-state index < -0.39 is 23.5 Å². The van der Waals surface area contributed by atoms with Gasteiger partial charge >= 0.3 is 0 Å². The van der Waals surface area contributed by atoms with Crippen molar-refractivity contribution in [1.29, 1.82) is 0 Å². The molecule has 0 spiro atoms. The number of ketones is 1. The number of ether oxygens (including phenoxy) is 2. The monoisotopic (exact) mass is 539 g/mol. The van der Waals surface area contributed by atoms with Gasteiger partial charge in [0.15, 0.2) is 0 Å². The second kappa shape index (κ2) is 10.1. The van der Waals surface area contributed by atoms with Crippen molar-refractivity contribution in [2.24, 2.45) is 0 Å². The molecule has 0 saturated carbocycles. The van der Waals surface area contributed by atoms with E-state index in [0.29, 0.717) is 17.0 Å². The first-order chi connectivity index (χ1) is 17.5. The SMILES string of the molecule is COc1cccc(N2C(=O)C(=O)/C(=C(/O)c3cc(Cl)cc(Cl)c3OC)C2c2ccc(C(C)(C)C)cc2)c1. The van der Waals surface area contributed by atoms with Crippen LogP contribution in [0, 0.1) is 0 Å². The predicted molar refractivity (Wildman–Crippen MR) is 146 cm³/mol. The summed E-state index contributed by atoms with van der Waals surface area (Å²) in [5.41, 5.74) is 2.08. The fraction of sp³-hybridized carbons (Fsp3) is 0.241. The molecule has 0 aliphatic carbocycles. The molecule has 1 atom stereocenters. The van der Waals surface area contributed by atoms with E-state index in [9.17, 15) is 14.7 Å². The summed E-state index contributed by atoms with van der Waals surface area (Å²) < 4.78 is 10.7. The Morgan fingerprint density at radius 2 is 1.62 bits per heavy atom. The van der Waals surface area contributed by atoms with Crippen molar-refractivity contribution in [2.45, 2.75) is 32.2 Å². The molecular weight excluding hydrogens is 513 g/mol. The molecule has 1 amide bonds. The quantitative estimate of drug-likeness (QED) is 0.216. The molecule has 1 fully saturated rings. The number of benzene rings is 3. The zero-order chi connectivity index (χ0) is 27.1. The largest absolute Gasteiger partial charge is 0.507 e. The molecule has 192 valence electrons. The molecule has 37 heavy (non-hydrogen) atoms. The van der Waals surface area contributed by atoms with E-state index in [1.54, 1.807) is 24.3 Å². The number of anilines is 1. The maximum atomic E-state index is 13.5. The normalized spacial score (nSPS) is 17.3. The van der Waals surface area contributed by atoms with Crippen molar-refractivity contribution in [2.75, 3.05) is 19.1 Å². The Morgan fingerprint density at radius 3 is 2.22 bits per heavy atom. The van der Waals surface area contributed by atoms with Crippen LogP contribution in [0.25, 0.3) is 5.76 Å². The lowest BCUT2D eigenvalue weighted by atomic mass is 9.85. The van der Waals surface area contributed by atoms with Gasteiger partial charge in [-0.1, -0.05) is 74.3 Å². The summed E-state index contributed by atoms with van der Waals surface area (Å²) in [6, 6.07) is 16.5. The highest BCUT2D eigenvalue weighted by Gasteiger charge is 2.47. The van der Waals surface area contributed by atoms with Gasteiger partial charge in [0.2, 0.25) is 0 Å². The van der Waals surface area contributed by atoms with Gasteiger partial charge in [-0.05, 0) is 40.8 Å². The molecule has 3 aromatic rings. The van der Waals surface area contributed by atoms with Gasteiger partial charge in [0.1, 0.15) is 17.3 Å². The van der Waals surface area contributed by atoms with E-state index in [1.807, 2.05) is 24.3 Å². The average Bonchev–Trinajstić information content (AvgIpc) is 3.13. The van der Waals surface area contributed by atoms with Gasteiger partial charge < -0.3 is 14.6 Å². The Morgan fingerprint density at radius 1 is 0.946 bits per heavy atom. The Balaban J connectivity index is 1.99. The highest BCUT2D eigenvalue weighted by molar-refractivity contribution is 6.52. The van der Waals surface area contributed by atoms with Gasteiger partial charge in [0.25, 0.3) is 11.7 Å². The number of aliphatic hydroxyl groups excluding tert-OH is 1. The van der Waals surface area contributed by atoms with Gasteiger partial charge in [0.05, 0.1) is 36.4 Å². The maximum Gasteiger partial charge on any atom is 0.300 e. The van der Waals surface area contributed by atoms with Crippen LogP contribution in [0.15, 0.2) is 66.2 Å². The van der Waals surface area contributed by atoms with E-state index in [4.69, 9.17) is 32.7 Å². The number of nitrogens with zero attached hydrogens (tertiary/aromatic N) is 1. The number of carbonyl (C=O) groups excluding carboxylic acids is 2. The van der Waals surface area contributed by atoms with Crippen LogP contribution in [0.1, 0.15) is 43.5 Å². The number of carbonyl (C=O) groups is 2. The third-order valence-corrected chi connectivity index (χ3v) is 6.83. The Hall–Kier alpha value is -3.48. The molecule has 1 aliphatic rings. The molecule has 3 aromatic carbocycles. The van der Waals surface area contributed by atoms with Crippen LogP contribution in [0.3, 0.4) is 0 Å². The molecule has 1 unspecified atom stereocenters. The fourth-order valence-corrected chi connectivity index (χ4v) is 5.00. The highest BCUT2D eigenvalue weighted by Crippen LogP contribution is 2.45. The van der Waals surface area contributed by atoms with Gasteiger partial charge in [-0.15, -0.1) is 0 Å². The zero-order valence-corrected chi connectivity index (χ0v) is 22.6. The van der Waals surface area contributed by atoms with Crippen LogP contribution in [0.4, 0.5) is 5.69 Å². The highest BCUT2D eigenvalue weighted by atomic mass is 35.5. The molecule has 1 saturated heterocycles. The number of amides is 1. The summed E-state index contributed by atoms with van der Waals surface area (Å²) >= 11 is 12.5. The van der Waals surface area contributed by atoms with Crippen LogP contribution in [0.2, 0.25) is 10.0 Å². The smallest absolute Gasteiger partial charge is 0.300 e. The van der Waals surface area contributed by atoms with Crippen LogP contribution < -0.4 is 14.4 Å². The number of methoxy groups -OCH3 is 2. The minimum Gasteiger partial charge on any atom is -0.507 e. The Kier molecular flexibility index (Phi) is 7.27. The van der Waals surface area contributed by atoms with Crippen molar-refractivity contribution in [3.8, 4) is 11.5 Å². The lowest BCUT2D eigenvalue weighted by Gasteiger charge is -2.27. The standard InChI is InChI=1S/C29H27Cl2NO5/c1-29(2,3)17-11-9-16(10-12-17)24-23(25(33)21-13-18(30)14-22(31)27(21)37-5)26(34)28(35)32(24)19-7-6-8-20(15-19)36-4/h6-15,24,33H,1-5H3/b25-23+. The zero-order valence-electron chi connectivity index (χ0n) is 21.1. The lowest BCUT2D eigenvalue weighted by molar-refractivity contribution is -0.132. The van der Waals surface area contributed by atoms with Crippen molar-refractivity contribution in [3.63, 3.8) is 0 Å². The van der Waals surface area contributed by atoms with Gasteiger partial charge in [-0.2, -0.15) is 0 Å². The first-order valence-electron chi connectivity index (χ1n) is 11.6. The Bertz CT molecular complexity index is 1410. The Labute approximate surface area is 226 Å². The van der Waals surface area contributed by atoms with E-state index in [1.165, 1.54) is 31.3 Å². The number of hydrogen-bond donors (Lipinski definition) is 1. The van der Waals surface area contributed by atoms with Gasteiger partial charge in [0, 0.05) is 16.8 Å². The topological polar surface area (TPSA) is 76.1 Å². The van der Waals surface area contributed by atoms with Crippen molar-refractivity contribution < 1.29 is 24.2 Å². The summed E-state index contributed by atoms with van der Waals surface area (Å²) in [6.45, 7) is 6.29. The summed E-state index contributed by atoms with van der Waals surface area (Å²) in [6.07, 6.45) is 0. The van der Waals surface area contributed by atoms with E-state index in [-0.39, 0.29) is 32.3 Å². The molecule has 0 bridgehead atoms. The van der Waals surface area contributed by atoms with Crippen LogP contribution >= 0.6 is 23.2 Å². The number of aliphatic hydroxyl groups is 1. The third-order valence-electron chi connectivity index (χ3n) is 6.34. The minimum absolute atomic E-state index is 0.0992. The number of rotatable bonds is 5. The molecular formula is C29H27Cl2NO5. The minimum atomic E-state index is -0.927. The number of Topliss-reactive ketones (excluding diaryl/α,β-unsaturated/α-hetero) is 1. The molecule has 8 heteroatoms. The number of halogens is 2. The molecule has 0 radical (unpaired) electrons. The molecule has 1 aliphatic heterocycles. The summed E-state index contributed by atoms with van der Waals surface area (Å²) in [5.74, 6) is -1.41. The second-order valence-electron chi connectivity index (χ2n) is 9.71. The summed E-state index contributed by atoms with van der Waals surface area (Å²) in [5, 5.41) is 11.9. The molecule has 4 rings (SSSR count). The van der Waals surface area contributed by atoms with Crippen LogP contribution in [-0.4, -0.2) is 31.0 Å². The molecule has 1 N–H and O–H groups in total. The van der Waals surface area contributed by atoms with E-state index in [2.05, 4.69) is 20.8 Å². The van der Waals surface area contributed by atoms with Gasteiger partial charge in [-0.3, -0.25) is 14.5 Å². The van der Waals surface area contributed by atoms with E-state index in [0.717, 1.165) is 5.56 Å². The maximum absolute atomic E-state index is 13.5. The second-order valence-corrected chi connectivity index (χ2v) is 10.6. The van der Waals surface area contributed by atoms with E-state index >= 15 is 0 Å². The number of hydrogen-bond acceptors (Lipinski definition) is 5. The van der Waals surface area contributed by atoms with Crippen LogP contribution in [-0.2, 0) is 15.0 Å². The summed E-state index contributed by atoms with van der Waals surface area (Å²) in [4.78, 5) is 28.3. The molecule has 0 aromatic heterocycles. The van der Waals surface area contributed by atoms with Crippen molar-refractivity contribution in [1.82, 2.24) is 0 Å². The van der Waals surface area contributed by atoms with Crippen LogP contribution in [0.5, 0.6) is 11.5 Å². The average molecular weight is 540 g/mol. The molecule has 1 heterocycles. The predicted octanol–water partition coefficient (Wildman–Crippen LogP) is 6.93. The van der Waals surface area contributed by atoms with Gasteiger partial charge in [-0.25, -0.2) is 0 Å². The third kappa shape index (κ3) is 4.91.